The quantitative estimate of drug-likeness (QED) is 0.839. The number of nitrogen functional groups attached to an aromatic ring is 1. The summed E-state index contributed by atoms with van der Waals surface area (Å²) in [5, 5.41) is 8.94. The summed E-state index contributed by atoms with van der Waals surface area (Å²) in [5.41, 5.74) is 5.77. The number of hydrogen-bond donors (Lipinski definition) is 1. The molecular formula is C12H13Cl2N3O2S. The van der Waals surface area contributed by atoms with Crippen molar-refractivity contribution in [2.45, 2.75) is 30.2 Å². The molecule has 1 aliphatic carbocycles. The average Bonchev–Trinajstić information content (AvgIpc) is 3.11. The number of benzene rings is 1. The molecule has 0 spiro atoms. The third-order valence-corrected chi connectivity index (χ3v) is 5.70. The number of halogens is 2. The van der Waals surface area contributed by atoms with Crippen molar-refractivity contribution in [1.82, 2.24) is 4.31 Å². The van der Waals surface area contributed by atoms with Crippen LogP contribution in [0.1, 0.15) is 19.3 Å². The number of nitrogens with two attached hydrogens (primary N) is 1. The van der Waals surface area contributed by atoms with E-state index in [9.17, 15) is 8.42 Å². The first-order valence-electron chi connectivity index (χ1n) is 6.01. The SMILES string of the molecule is N#CCCN(C1CC1)S(=O)(=O)c1c(N)cc(Cl)cc1Cl. The van der Waals surface area contributed by atoms with Crippen molar-refractivity contribution < 1.29 is 8.42 Å². The van der Waals surface area contributed by atoms with Gasteiger partial charge in [0.15, 0.2) is 0 Å². The molecule has 0 bridgehead atoms. The van der Waals surface area contributed by atoms with Crippen molar-refractivity contribution in [1.29, 1.82) is 5.26 Å². The van der Waals surface area contributed by atoms with Gasteiger partial charge >= 0.3 is 0 Å². The Balaban J connectivity index is 2.46. The van der Waals surface area contributed by atoms with Crippen molar-refractivity contribution in [3.05, 3.63) is 22.2 Å². The van der Waals surface area contributed by atoms with Crippen LogP contribution in [-0.2, 0) is 10.0 Å². The summed E-state index contributed by atoms with van der Waals surface area (Å²) in [6, 6.07) is 4.59. The summed E-state index contributed by atoms with van der Waals surface area (Å²) in [6.45, 7) is 0.141. The average molecular weight is 334 g/mol. The summed E-state index contributed by atoms with van der Waals surface area (Å²) in [7, 11) is -3.82. The predicted octanol–water partition coefficient (Wildman–Crippen LogP) is 2.64. The smallest absolute Gasteiger partial charge is 0.246 e. The van der Waals surface area contributed by atoms with Crippen LogP contribution in [0.25, 0.3) is 0 Å². The van der Waals surface area contributed by atoms with E-state index in [1.807, 2.05) is 6.07 Å². The maximum absolute atomic E-state index is 12.7. The summed E-state index contributed by atoms with van der Waals surface area (Å²) in [6.07, 6.45) is 1.70. The molecule has 0 saturated heterocycles. The highest BCUT2D eigenvalue weighted by molar-refractivity contribution is 7.89. The molecule has 1 aliphatic rings. The Bertz CT molecular complexity index is 643. The number of sulfonamides is 1. The lowest BCUT2D eigenvalue weighted by molar-refractivity contribution is 0.411. The highest BCUT2D eigenvalue weighted by Crippen LogP contribution is 2.38. The topological polar surface area (TPSA) is 87.2 Å². The minimum atomic E-state index is -3.82. The first kappa shape index (κ1) is 15.4. The Labute approximate surface area is 127 Å². The maximum Gasteiger partial charge on any atom is 0.246 e. The molecule has 0 heterocycles. The van der Waals surface area contributed by atoms with Crippen LogP contribution in [0.2, 0.25) is 10.0 Å². The third-order valence-electron chi connectivity index (χ3n) is 3.00. The van der Waals surface area contributed by atoms with Gasteiger partial charge in [0.25, 0.3) is 0 Å². The van der Waals surface area contributed by atoms with E-state index in [4.69, 9.17) is 34.2 Å². The molecule has 0 atom stereocenters. The van der Waals surface area contributed by atoms with Gasteiger partial charge < -0.3 is 5.73 Å². The molecule has 1 saturated carbocycles. The lowest BCUT2D eigenvalue weighted by Gasteiger charge is -2.22. The molecule has 108 valence electrons. The van der Waals surface area contributed by atoms with Crippen LogP contribution in [0.5, 0.6) is 0 Å². The van der Waals surface area contributed by atoms with E-state index in [2.05, 4.69) is 0 Å². The normalized spacial score (nSPS) is 15.3. The maximum atomic E-state index is 12.7. The van der Waals surface area contributed by atoms with Crippen LogP contribution < -0.4 is 5.73 Å². The molecule has 2 rings (SSSR count). The van der Waals surface area contributed by atoms with Gasteiger partial charge in [-0.1, -0.05) is 23.2 Å². The lowest BCUT2D eigenvalue weighted by atomic mass is 10.3. The fourth-order valence-electron chi connectivity index (χ4n) is 1.99. The van der Waals surface area contributed by atoms with Crippen LogP contribution in [-0.4, -0.2) is 25.3 Å². The van der Waals surface area contributed by atoms with E-state index >= 15 is 0 Å². The van der Waals surface area contributed by atoms with Gasteiger partial charge in [0.05, 0.1) is 16.8 Å². The molecule has 1 aromatic carbocycles. The van der Waals surface area contributed by atoms with Crippen LogP contribution in [0, 0.1) is 11.3 Å². The number of rotatable bonds is 5. The zero-order valence-corrected chi connectivity index (χ0v) is 12.8. The molecule has 0 aliphatic heterocycles. The standard InChI is InChI=1S/C12H13Cl2N3O2S/c13-8-6-10(14)12(11(16)7-8)20(18,19)17(5-1-4-15)9-2-3-9/h6-7,9H,1-3,5,16H2. The third kappa shape index (κ3) is 3.01. The molecule has 2 N–H and O–H groups in total. The first-order valence-corrected chi connectivity index (χ1v) is 8.21. The second kappa shape index (κ2) is 5.78. The highest BCUT2D eigenvalue weighted by Gasteiger charge is 2.39. The van der Waals surface area contributed by atoms with E-state index in [-0.39, 0.29) is 39.6 Å². The van der Waals surface area contributed by atoms with E-state index < -0.39 is 10.0 Å². The number of hydrogen-bond acceptors (Lipinski definition) is 4. The van der Waals surface area contributed by atoms with Gasteiger partial charge in [0.2, 0.25) is 10.0 Å². The first-order chi connectivity index (χ1) is 9.37. The monoisotopic (exact) mass is 333 g/mol. The summed E-state index contributed by atoms with van der Waals surface area (Å²) >= 11 is 11.8. The number of anilines is 1. The second-order valence-corrected chi connectivity index (χ2v) is 7.23. The highest BCUT2D eigenvalue weighted by atomic mass is 35.5. The molecule has 0 unspecified atom stereocenters. The molecule has 5 nitrogen and oxygen atoms in total. The summed E-state index contributed by atoms with van der Waals surface area (Å²) in [5.74, 6) is 0. The Morgan fingerprint density at radius 3 is 2.55 bits per heavy atom. The van der Waals surface area contributed by atoms with Crippen LogP contribution in [0.15, 0.2) is 17.0 Å². The van der Waals surface area contributed by atoms with E-state index in [0.717, 1.165) is 12.8 Å². The minimum Gasteiger partial charge on any atom is -0.398 e. The molecule has 20 heavy (non-hydrogen) atoms. The summed E-state index contributed by atoms with van der Waals surface area (Å²) in [4.78, 5) is -0.131. The molecule has 0 amide bonds. The Morgan fingerprint density at radius 2 is 2.05 bits per heavy atom. The minimum absolute atomic E-state index is 0.00222. The van der Waals surface area contributed by atoms with Crippen molar-refractivity contribution in [3.8, 4) is 6.07 Å². The van der Waals surface area contributed by atoms with Gasteiger partial charge in [0.1, 0.15) is 4.90 Å². The van der Waals surface area contributed by atoms with E-state index in [1.54, 1.807) is 0 Å². The van der Waals surface area contributed by atoms with Crippen LogP contribution in [0.4, 0.5) is 5.69 Å². The van der Waals surface area contributed by atoms with Gasteiger partial charge in [-0.3, -0.25) is 0 Å². The van der Waals surface area contributed by atoms with Gasteiger partial charge in [0, 0.05) is 24.0 Å². The zero-order valence-electron chi connectivity index (χ0n) is 10.5. The van der Waals surface area contributed by atoms with Crippen molar-refractivity contribution in [3.63, 3.8) is 0 Å². The molecule has 1 fully saturated rings. The fourth-order valence-corrected chi connectivity index (χ4v) is 4.62. The predicted molar refractivity (Wildman–Crippen MR) is 78.0 cm³/mol. The number of nitrogens with zero attached hydrogens (tertiary/aromatic N) is 2. The van der Waals surface area contributed by atoms with Gasteiger partial charge in [-0.05, 0) is 25.0 Å². The zero-order chi connectivity index (χ0) is 14.9. The molecule has 0 radical (unpaired) electrons. The Kier molecular flexibility index (Phi) is 4.45. The largest absolute Gasteiger partial charge is 0.398 e. The van der Waals surface area contributed by atoms with Gasteiger partial charge in [-0.15, -0.1) is 0 Å². The fraction of sp³-hybridized carbons (Fsp3) is 0.417. The molecule has 8 heteroatoms. The Morgan fingerprint density at radius 1 is 1.40 bits per heavy atom. The summed E-state index contributed by atoms with van der Waals surface area (Å²) < 4.78 is 26.7. The van der Waals surface area contributed by atoms with Gasteiger partial charge in [-0.2, -0.15) is 9.57 Å². The Hall–Kier alpha value is -1.000. The van der Waals surface area contributed by atoms with E-state index in [0.29, 0.717) is 0 Å². The van der Waals surface area contributed by atoms with Crippen molar-refractivity contribution in [2.75, 3.05) is 12.3 Å². The van der Waals surface area contributed by atoms with Crippen LogP contribution in [0.3, 0.4) is 0 Å². The molecule has 1 aromatic rings. The lowest BCUT2D eigenvalue weighted by Crippen LogP contribution is -2.34. The molecule has 0 aromatic heterocycles. The van der Waals surface area contributed by atoms with Gasteiger partial charge in [-0.25, -0.2) is 8.42 Å². The van der Waals surface area contributed by atoms with Crippen molar-refractivity contribution >= 4 is 38.9 Å². The van der Waals surface area contributed by atoms with Crippen molar-refractivity contribution in [2.24, 2.45) is 0 Å². The van der Waals surface area contributed by atoms with Crippen LogP contribution >= 0.6 is 23.2 Å². The molecular weight excluding hydrogens is 321 g/mol. The second-order valence-electron chi connectivity index (χ2n) is 4.56. The van der Waals surface area contributed by atoms with E-state index in [1.165, 1.54) is 16.4 Å². The number of nitriles is 1.